The molecule has 0 spiro atoms. The van der Waals surface area contributed by atoms with Gasteiger partial charge in [0.1, 0.15) is 5.82 Å². The molecule has 1 heterocycles. The van der Waals surface area contributed by atoms with Gasteiger partial charge in [0, 0.05) is 26.3 Å². The second kappa shape index (κ2) is 5.88. The Morgan fingerprint density at radius 2 is 2.16 bits per heavy atom. The smallest absolute Gasteiger partial charge is 0.175 e. The minimum atomic E-state index is -0.494. The number of benzene rings is 1. The molecule has 0 aliphatic carbocycles. The molecule has 19 heavy (non-hydrogen) atoms. The van der Waals surface area contributed by atoms with Crippen molar-refractivity contribution < 1.29 is 14.3 Å². The van der Waals surface area contributed by atoms with Gasteiger partial charge in [-0.25, -0.2) is 4.39 Å². The van der Waals surface area contributed by atoms with Crippen molar-refractivity contribution in [1.29, 1.82) is 0 Å². The fourth-order valence-corrected chi connectivity index (χ4v) is 2.38. The van der Waals surface area contributed by atoms with Gasteiger partial charge in [-0.15, -0.1) is 0 Å². The molecule has 5 nitrogen and oxygen atoms in total. The molecule has 6 heteroatoms. The summed E-state index contributed by atoms with van der Waals surface area (Å²) in [6.07, 6.45) is 1.76. The van der Waals surface area contributed by atoms with Gasteiger partial charge in [0.15, 0.2) is 5.84 Å². The number of amidine groups is 1. The molecule has 0 unspecified atom stereocenters. The van der Waals surface area contributed by atoms with Crippen LogP contribution in [0.3, 0.4) is 0 Å². The Balaban J connectivity index is 2.35. The van der Waals surface area contributed by atoms with Crippen molar-refractivity contribution >= 4 is 11.5 Å². The van der Waals surface area contributed by atoms with Crippen LogP contribution in [0.25, 0.3) is 0 Å². The zero-order valence-corrected chi connectivity index (χ0v) is 10.8. The zero-order chi connectivity index (χ0) is 13.8. The first-order valence-corrected chi connectivity index (χ1v) is 6.22. The normalized spacial score (nSPS) is 17.5. The van der Waals surface area contributed by atoms with Crippen molar-refractivity contribution in [2.45, 2.75) is 18.9 Å². The summed E-state index contributed by atoms with van der Waals surface area (Å²) < 4.78 is 19.2. The molecule has 0 aromatic heterocycles. The highest BCUT2D eigenvalue weighted by Crippen LogP contribution is 2.26. The van der Waals surface area contributed by atoms with E-state index < -0.39 is 5.82 Å². The number of oxime groups is 1. The molecule has 104 valence electrons. The van der Waals surface area contributed by atoms with Gasteiger partial charge in [-0.05, 0) is 25.0 Å². The summed E-state index contributed by atoms with van der Waals surface area (Å²) in [6, 6.07) is 4.95. The number of nitrogens with zero attached hydrogens (tertiary/aromatic N) is 2. The van der Waals surface area contributed by atoms with Crippen LogP contribution in [0.4, 0.5) is 10.1 Å². The maximum atomic E-state index is 13.9. The lowest BCUT2D eigenvalue weighted by Crippen LogP contribution is -2.38. The number of hydrogen-bond acceptors (Lipinski definition) is 4. The number of ether oxygens (including phenoxy) is 1. The third-order valence-electron chi connectivity index (χ3n) is 3.47. The third kappa shape index (κ3) is 2.78. The number of hydrogen-bond donors (Lipinski definition) is 2. The van der Waals surface area contributed by atoms with Gasteiger partial charge >= 0.3 is 0 Å². The Hall–Kier alpha value is -1.82. The topological polar surface area (TPSA) is 71.1 Å². The van der Waals surface area contributed by atoms with Crippen LogP contribution in [0.2, 0.25) is 0 Å². The molecule has 0 saturated carbocycles. The van der Waals surface area contributed by atoms with E-state index in [0.29, 0.717) is 18.9 Å². The molecule has 1 aliphatic heterocycles. The highest BCUT2D eigenvalue weighted by atomic mass is 19.1. The summed E-state index contributed by atoms with van der Waals surface area (Å²) >= 11 is 0. The second-order valence-corrected chi connectivity index (χ2v) is 4.57. The molecule has 0 radical (unpaired) electrons. The monoisotopic (exact) mass is 267 g/mol. The maximum absolute atomic E-state index is 13.9. The summed E-state index contributed by atoms with van der Waals surface area (Å²) in [6.45, 7) is 1.40. The summed E-state index contributed by atoms with van der Waals surface area (Å²) in [5.41, 5.74) is 6.34. The van der Waals surface area contributed by atoms with E-state index in [4.69, 9.17) is 15.7 Å². The zero-order valence-electron chi connectivity index (χ0n) is 10.8. The Kier molecular flexibility index (Phi) is 4.21. The number of anilines is 1. The summed E-state index contributed by atoms with van der Waals surface area (Å²) in [7, 11) is 1.89. The predicted octanol–water partition coefficient (Wildman–Crippen LogP) is 1.54. The first kappa shape index (κ1) is 13.6. The lowest BCUT2D eigenvalue weighted by molar-refractivity contribution is 0.0855. The largest absolute Gasteiger partial charge is 0.409 e. The van der Waals surface area contributed by atoms with Gasteiger partial charge in [0.2, 0.25) is 0 Å². The molecule has 1 saturated heterocycles. The van der Waals surface area contributed by atoms with Crippen LogP contribution in [0.15, 0.2) is 23.4 Å². The van der Waals surface area contributed by atoms with Gasteiger partial charge in [0.25, 0.3) is 0 Å². The molecule has 0 bridgehead atoms. The molecule has 1 aromatic carbocycles. The van der Waals surface area contributed by atoms with Crippen LogP contribution >= 0.6 is 0 Å². The SMILES string of the molecule is CN(c1cccc(F)c1C(N)=NO)C1CCOCC1. The number of rotatable bonds is 3. The second-order valence-electron chi connectivity index (χ2n) is 4.57. The van der Waals surface area contributed by atoms with Crippen molar-refractivity contribution in [1.82, 2.24) is 0 Å². The first-order chi connectivity index (χ1) is 9.15. The van der Waals surface area contributed by atoms with Gasteiger partial charge in [0.05, 0.1) is 11.3 Å². The van der Waals surface area contributed by atoms with Gasteiger partial charge in [-0.2, -0.15) is 0 Å². The van der Waals surface area contributed by atoms with Crippen molar-refractivity contribution in [2.24, 2.45) is 10.9 Å². The lowest BCUT2D eigenvalue weighted by Gasteiger charge is -2.34. The minimum Gasteiger partial charge on any atom is -0.409 e. The molecule has 1 aliphatic rings. The third-order valence-corrected chi connectivity index (χ3v) is 3.47. The van der Waals surface area contributed by atoms with E-state index in [0.717, 1.165) is 12.8 Å². The number of halogens is 1. The van der Waals surface area contributed by atoms with Crippen LogP contribution in [0.1, 0.15) is 18.4 Å². The average Bonchev–Trinajstić information content (AvgIpc) is 2.46. The number of nitrogens with two attached hydrogens (primary N) is 1. The van der Waals surface area contributed by atoms with Crippen LogP contribution in [-0.4, -0.2) is 37.3 Å². The van der Waals surface area contributed by atoms with Gasteiger partial charge in [-0.1, -0.05) is 11.2 Å². The van der Waals surface area contributed by atoms with Crippen molar-refractivity contribution in [2.75, 3.05) is 25.2 Å². The van der Waals surface area contributed by atoms with E-state index in [1.807, 2.05) is 11.9 Å². The highest BCUT2D eigenvalue weighted by Gasteiger charge is 2.23. The van der Waals surface area contributed by atoms with Crippen LogP contribution in [0, 0.1) is 5.82 Å². The fraction of sp³-hybridized carbons (Fsp3) is 0.462. The van der Waals surface area contributed by atoms with Gasteiger partial charge < -0.3 is 20.6 Å². The molecule has 1 aromatic rings. The fourth-order valence-electron chi connectivity index (χ4n) is 2.38. The average molecular weight is 267 g/mol. The Morgan fingerprint density at radius 3 is 2.79 bits per heavy atom. The Labute approximate surface area is 111 Å². The molecule has 1 fully saturated rings. The van der Waals surface area contributed by atoms with Crippen molar-refractivity contribution in [3.05, 3.63) is 29.6 Å². The summed E-state index contributed by atoms with van der Waals surface area (Å²) in [5, 5.41) is 11.7. The maximum Gasteiger partial charge on any atom is 0.175 e. The molecular weight excluding hydrogens is 249 g/mol. The van der Waals surface area contributed by atoms with E-state index in [-0.39, 0.29) is 17.4 Å². The molecule has 0 amide bonds. The van der Waals surface area contributed by atoms with E-state index >= 15 is 0 Å². The van der Waals surface area contributed by atoms with E-state index in [2.05, 4.69) is 5.16 Å². The predicted molar refractivity (Wildman–Crippen MR) is 71.2 cm³/mol. The molecule has 3 N–H and O–H groups in total. The highest BCUT2D eigenvalue weighted by molar-refractivity contribution is 6.02. The quantitative estimate of drug-likeness (QED) is 0.377. The van der Waals surface area contributed by atoms with E-state index in [1.54, 1.807) is 12.1 Å². The first-order valence-electron chi connectivity index (χ1n) is 6.22. The minimum absolute atomic E-state index is 0.138. The van der Waals surface area contributed by atoms with Gasteiger partial charge in [-0.3, -0.25) is 0 Å². The van der Waals surface area contributed by atoms with Crippen LogP contribution < -0.4 is 10.6 Å². The summed E-state index contributed by atoms with van der Waals surface area (Å²) in [5.74, 6) is -0.710. The van der Waals surface area contributed by atoms with Crippen LogP contribution in [-0.2, 0) is 4.74 Å². The molecular formula is C13H18FN3O2. The Bertz CT molecular complexity index is 473. The molecule has 2 rings (SSSR count). The van der Waals surface area contributed by atoms with Crippen LogP contribution in [0.5, 0.6) is 0 Å². The summed E-state index contributed by atoms with van der Waals surface area (Å²) in [4.78, 5) is 1.97. The van der Waals surface area contributed by atoms with Crippen molar-refractivity contribution in [3.63, 3.8) is 0 Å². The molecule has 0 atom stereocenters. The lowest BCUT2D eigenvalue weighted by atomic mass is 10.0. The van der Waals surface area contributed by atoms with E-state index in [1.165, 1.54) is 6.07 Å². The van der Waals surface area contributed by atoms with Crippen molar-refractivity contribution in [3.8, 4) is 0 Å². The Morgan fingerprint density at radius 1 is 1.47 bits per heavy atom. The van der Waals surface area contributed by atoms with E-state index in [9.17, 15) is 4.39 Å². The standard InChI is InChI=1S/C13H18FN3O2/c1-17(9-5-7-19-8-6-9)11-4-2-3-10(14)12(11)13(15)16-18/h2-4,9,18H,5-8H2,1H3,(H2,15,16).